The topological polar surface area (TPSA) is 81.1 Å². The first-order chi connectivity index (χ1) is 13.2. The van der Waals surface area contributed by atoms with Gasteiger partial charge in [-0.05, 0) is 24.3 Å². The molecule has 9 heteroatoms. The van der Waals surface area contributed by atoms with Crippen LogP contribution in [0.2, 0.25) is 5.15 Å². The van der Waals surface area contributed by atoms with Crippen molar-refractivity contribution in [3.63, 3.8) is 0 Å². The van der Waals surface area contributed by atoms with Gasteiger partial charge in [-0.2, -0.15) is 5.10 Å². The number of hydrogen-bond donors (Lipinski definition) is 1. The Labute approximate surface area is 162 Å². The number of rotatable bonds is 6. The van der Waals surface area contributed by atoms with Crippen molar-refractivity contribution in [1.82, 2.24) is 14.8 Å². The molecular formula is C18H13ClN4O3S. The number of para-hydroxylation sites is 1. The van der Waals surface area contributed by atoms with Gasteiger partial charge in [-0.3, -0.25) is 9.20 Å². The summed E-state index contributed by atoms with van der Waals surface area (Å²) in [6, 6.07) is 12.6. The molecular weight excluding hydrogens is 388 g/mol. The van der Waals surface area contributed by atoms with E-state index >= 15 is 0 Å². The zero-order valence-electron chi connectivity index (χ0n) is 13.8. The highest BCUT2D eigenvalue weighted by molar-refractivity contribution is 7.15. The first-order valence-corrected chi connectivity index (χ1v) is 9.17. The molecule has 27 heavy (non-hydrogen) atoms. The molecule has 0 unspecified atom stereocenters. The number of aromatic nitrogens is 2. The second-order valence-electron chi connectivity index (χ2n) is 5.41. The number of hydrazone groups is 1. The predicted octanol–water partition coefficient (Wildman–Crippen LogP) is 3.99. The van der Waals surface area contributed by atoms with Gasteiger partial charge in [-0.15, -0.1) is 11.3 Å². The molecule has 0 spiro atoms. The van der Waals surface area contributed by atoms with E-state index in [1.54, 1.807) is 16.5 Å². The number of halogens is 1. The Balaban J connectivity index is 1.36. The molecule has 0 saturated carbocycles. The Morgan fingerprint density at radius 3 is 3.04 bits per heavy atom. The van der Waals surface area contributed by atoms with Crippen molar-refractivity contribution in [3.05, 3.63) is 76.4 Å². The van der Waals surface area contributed by atoms with Crippen LogP contribution in [-0.4, -0.2) is 21.5 Å². The maximum absolute atomic E-state index is 12.1. The Morgan fingerprint density at radius 1 is 1.33 bits per heavy atom. The number of nitrogens with zero attached hydrogens (tertiary/aromatic N) is 3. The van der Waals surface area contributed by atoms with Crippen LogP contribution in [0.3, 0.4) is 0 Å². The normalized spacial score (nSPS) is 11.3. The molecule has 0 bridgehead atoms. The fourth-order valence-corrected chi connectivity index (χ4v) is 3.34. The number of hydrogen-bond acceptors (Lipinski definition) is 6. The SMILES string of the molecule is O=C(N/N=C\c1c(Cl)nc2sccn12)c1ccc(COc2ccccc2)o1. The molecule has 0 saturated heterocycles. The zero-order valence-corrected chi connectivity index (χ0v) is 15.4. The first-order valence-electron chi connectivity index (χ1n) is 7.92. The molecule has 0 aliphatic heterocycles. The Hall–Kier alpha value is -3.10. The fourth-order valence-electron chi connectivity index (χ4n) is 2.35. The van der Waals surface area contributed by atoms with E-state index in [1.165, 1.54) is 17.6 Å². The van der Waals surface area contributed by atoms with Gasteiger partial charge in [0.2, 0.25) is 0 Å². The summed E-state index contributed by atoms with van der Waals surface area (Å²) in [5, 5.41) is 6.13. The van der Waals surface area contributed by atoms with Gasteiger partial charge in [0.05, 0.1) is 6.21 Å². The van der Waals surface area contributed by atoms with Crippen molar-refractivity contribution in [2.75, 3.05) is 0 Å². The number of ether oxygens (including phenoxy) is 1. The molecule has 7 nitrogen and oxygen atoms in total. The molecule has 136 valence electrons. The monoisotopic (exact) mass is 400 g/mol. The van der Waals surface area contributed by atoms with Crippen LogP contribution in [0.5, 0.6) is 5.75 Å². The number of fused-ring (bicyclic) bond motifs is 1. The van der Waals surface area contributed by atoms with Crippen molar-refractivity contribution in [3.8, 4) is 5.75 Å². The van der Waals surface area contributed by atoms with E-state index in [2.05, 4.69) is 15.5 Å². The number of benzene rings is 1. The number of carbonyl (C=O) groups excluding carboxylic acids is 1. The molecule has 0 aliphatic rings. The van der Waals surface area contributed by atoms with Gasteiger partial charge in [0.15, 0.2) is 15.9 Å². The molecule has 4 rings (SSSR count). The van der Waals surface area contributed by atoms with Crippen molar-refractivity contribution in [1.29, 1.82) is 0 Å². The summed E-state index contributed by atoms with van der Waals surface area (Å²) in [5.41, 5.74) is 3.00. The third kappa shape index (κ3) is 3.86. The van der Waals surface area contributed by atoms with Gasteiger partial charge in [-0.25, -0.2) is 10.4 Å². The van der Waals surface area contributed by atoms with E-state index < -0.39 is 5.91 Å². The molecule has 0 radical (unpaired) electrons. The Kier molecular flexibility index (Phi) is 4.91. The minimum atomic E-state index is -0.473. The summed E-state index contributed by atoms with van der Waals surface area (Å²) in [7, 11) is 0. The number of carbonyl (C=O) groups is 1. The molecule has 1 N–H and O–H groups in total. The van der Waals surface area contributed by atoms with Crippen LogP contribution in [0.1, 0.15) is 22.0 Å². The predicted molar refractivity (Wildman–Crippen MR) is 103 cm³/mol. The second-order valence-corrected chi connectivity index (χ2v) is 6.64. The number of amides is 1. The van der Waals surface area contributed by atoms with Crippen LogP contribution < -0.4 is 10.2 Å². The standard InChI is InChI=1S/C18H13ClN4O3S/c19-16-14(23-8-9-27-18(23)21-16)10-20-22-17(24)15-7-6-13(26-15)11-25-12-4-2-1-3-5-12/h1-10H,11H2,(H,22,24)/b20-10-. The Bertz CT molecular complexity index is 1100. The summed E-state index contributed by atoms with van der Waals surface area (Å²) in [6.45, 7) is 0.224. The zero-order chi connectivity index (χ0) is 18.6. The van der Waals surface area contributed by atoms with Gasteiger partial charge in [0.25, 0.3) is 0 Å². The molecule has 0 fully saturated rings. The largest absolute Gasteiger partial charge is 0.486 e. The average Bonchev–Trinajstić information content (AvgIpc) is 3.39. The van der Waals surface area contributed by atoms with Gasteiger partial charge in [0.1, 0.15) is 23.8 Å². The molecule has 3 heterocycles. The maximum atomic E-state index is 12.1. The summed E-state index contributed by atoms with van der Waals surface area (Å²) < 4.78 is 12.9. The van der Waals surface area contributed by atoms with Crippen molar-refractivity contribution in [2.45, 2.75) is 6.61 Å². The summed E-state index contributed by atoms with van der Waals surface area (Å²) in [6.07, 6.45) is 3.27. The molecule has 1 amide bonds. The van der Waals surface area contributed by atoms with E-state index in [9.17, 15) is 4.79 Å². The maximum Gasteiger partial charge on any atom is 0.307 e. The lowest BCUT2D eigenvalue weighted by Gasteiger charge is -2.03. The lowest BCUT2D eigenvalue weighted by Crippen LogP contribution is -2.17. The van der Waals surface area contributed by atoms with Gasteiger partial charge >= 0.3 is 5.91 Å². The third-order valence-corrected chi connectivity index (χ3v) is 4.65. The fraction of sp³-hybridized carbons (Fsp3) is 0.0556. The summed E-state index contributed by atoms with van der Waals surface area (Å²) in [4.78, 5) is 17.1. The molecule has 4 aromatic rings. The molecule has 0 aliphatic carbocycles. The van der Waals surface area contributed by atoms with E-state index in [0.29, 0.717) is 16.6 Å². The number of thiazole rings is 1. The minimum absolute atomic E-state index is 0.138. The van der Waals surface area contributed by atoms with E-state index in [0.717, 1.165) is 10.7 Å². The van der Waals surface area contributed by atoms with E-state index in [4.69, 9.17) is 20.8 Å². The second kappa shape index (κ2) is 7.65. The van der Waals surface area contributed by atoms with Crippen LogP contribution >= 0.6 is 22.9 Å². The highest BCUT2D eigenvalue weighted by Gasteiger charge is 2.12. The van der Waals surface area contributed by atoms with Crippen LogP contribution in [0, 0.1) is 0 Å². The van der Waals surface area contributed by atoms with Crippen LogP contribution in [0.4, 0.5) is 0 Å². The van der Waals surface area contributed by atoms with Gasteiger partial charge in [0, 0.05) is 11.6 Å². The number of nitrogens with one attached hydrogen (secondary N) is 1. The lowest BCUT2D eigenvalue weighted by molar-refractivity contribution is 0.0923. The first kappa shape index (κ1) is 17.3. The van der Waals surface area contributed by atoms with Crippen molar-refractivity contribution < 1.29 is 13.9 Å². The van der Waals surface area contributed by atoms with Crippen molar-refractivity contribution in [2.24, 2.45) is 5.10 Å². The molecule has 0 atom stereocenters. The highest BCUT2D eigenvalue weighted by Crippen LogP contribution is 2.19. The highest BCUT2D eigenvalue weighted by atomic mass is 35.5. The molecule has 1 aromatic carbocycles. The number of imidazole rings is 1. The van der Waals surface area contributed by atoms with E-state index in [-0.39, 0.29) is 12.4 Å². The third-order valence-electron chi connectivity index (χ3n) is 3.62. The van der Waals surface area contributed by atoms with Gasteiger partial charge < -0.3 is 9.15 Å². The lowest BCUT2D eigenvalue weighted by atomic mass is 10.3. The number of furan rings is 1. The molecule has 3 aromatic heterocycles. The van der Waals surface area contributed by atoms with Crippen molar-refractivity contribution >= 4 is 40.0 Å². The smallest absolute Gasteiger partial charge is 0.307 e. The van der Waals surface area contributed by atoms with Crippen LogP contribution in [-0.2, 0) is 6.61 Å². The van der Waals surface area contributed by atoms with E-state index in [1.807, 2.05) is 41.9 Å². The van der Waals surface area contributed by atoms with Gasteiger partial charge in [-0.1, -0.05) is 29.8 Å². The summed E-state index contributed by atoms with van der Waals surface area (Å²) in [5.74, 6) is 0.923. The van der Waals surface area contributed by atoms with Crippen LogP contribution in [0.25, 0.3) is 4.96 Å². The van der Waals surface area contributed by atoms with Crippen LogP contribution in [0.15, 0.2) is 63.6 Å². The average molecular weight is 401 g/mol. The Morgan fingerprint density at radius 2 is 2.19 bits per heavy atom. The minimum Gasteiger partial charge on any atom is -0.486 e. The quantitative estimate of drug-likeness (QED) is 0.392. The summed E-state index contributed by atoms with van der Waals surface area (Å²) >= 11 is 7.52.